The van der Waals surface area contributed by atoms with E-state index in [1.807, 2.05) is 24.3 Å². The number of hydrogen-bond acceptors (Lipinski definition) is 7. The molecular weight excluding hydrogens is 342 g/mol. The van der Waals surface area contributed by atoms with Gasteiger partial charge in [0.15, 0.2) is 5.82 Å². The zero-order valence-electron chi connectivity index (χ0n) is 13.7. The zero-order valence-corrected chi connectivity index (χ0v) is 14.4. The van der Waals surface area contributed by atoms with Gasteiger partial charge in [0, 0.05) is 16.8 Å². The summed E-state index contributed by atoms with van der Waals surface area (Å²) < 4.78 is 10.6. The molecule has 0 atom stereocenters. The molecule has 0 radical (unpaired) electrons. The molecule has 1 aromatic heterocycles. The summed E-state index contributed by atoms with van der Waals surface area (Å²) in [5.41, 5.74) is 1.55. The Morgan fingerprint density at radius 3 is 2.48 bits per heavy atom. The number of nitrogens with one attached hydrogen (secondary N) is 2. The van der Waals surface area contributed by atoms with Gasteiger partial charge in [-0.15, -0.1) is 5.10 Å². The summed E-state index contributed by atoms with van der Waals surface area (Å²) in [6.45, 7) is 0. The summed E-state index contributed by atoms with van der Waals surface area (Å²) in [5, 5.41) is 14.8. The van der Waals surface area contributed by atoms with Crippen molar-refractivity contribution in [2.45, 2.75) is 0 Å². The van der Waals surface area contributed by atoms with Crippen LogP contribution in [0.1, 0.15) is 0 Å². The average Bonchev–Trinajstić information content (AvgIpc) is 2.64. The van der Waals surface area contributed by atoms with Crippen molar-refractivity contribution in [2.24, 2.45) is 0 Å². The first kappa shape index (κ1) is 16.8. The molecule has 0 saturated carbocycles. The van der Waals surface area contributed by atoms with Crippen molar-refractivity contribution < 1.29 is 9.47 Å². The second-order valence-corrected chi connectivity index (χ2v) is 5.42. The SMILES string of the molecule is COc1ccc(Nc2cnnc(Nc3ccc(Cl)cc3)n2)c(OC)c1. The van der Waals surface area contributed by atoms with Crippen LogP contribution in [0.4, 0.5) is 23.1 Å². The van der Waals surface area contributed by atoms with E-state index >= 15 is 0 Å². The molecule has 25 heavy (non-hydrogen) atoms. The number of anilines is 4. The summed E-state index contributed by atoms with van der Waals surface area (Å²) in [4.78, 5) is 4.39. The Morgan fingerprint density at radius 1 is 0.960 bits per heavy atom. The smallest absolute Gasteiger partial charge is 0.249 e. The van der Waals surface area contributed by atoms with E-state index in [1.54, 1.807) is 32.4 Å². The lowest BCUT2D eigenvalue weighted by Gasteiger charge is -2.12. The third-order valence-corrected chi connectivity index (χ3v) is 3.58. The van der Waals surface area contributed by atoms with E-state index in [0.717, 1.165) is 11.4 Å². The standard InChI is InChI=1S/C17H16ClN5O2/c1-24-13-7-8-14(15(9-13)25-2)21-16-10-19-23-17(22-16)20-12-5-3-11(18)4-6-12/h3-10H,1-2H3,(H2,20,21,22,23). The van der Waals surface area contributed by atoms with E-state index < -0.39 is 0 Å². The van der Waals surface area contributed by atoms with E-state index in [2.05, 4.69) is 25.8 Å². The third-order valence-electron chi connectivity index (χ3n) is 3.33. The second-order valence-electron chi connectivity index (χ2n) is 4.99. The summed E-state index contributed by atoms with van der Waals surface area (Å²) in [6.07, 6.45) is 1.52. The fourth-order valence-corrected chi connectivity index (χ4v) is 2.24. The van der Waals surface area contributed by atoms with Crippen molar-refractivity contribution in [1.82, 2.24) is 15.2 Å². The van der Waals surface area contributed by atoms with E-state index in [1.165, 1.54) is 6.20 Å². The highest BCUT2D eigenvalue weighted by Gasteiger charge is 2.08. The number of hydrogen-bond donors (Lipinski definition) is 2. The monoisotopic (exact) mass is 357 g/mol. The maximum absolute atomic E-state index is 5.88. The first-order valence-corrected chi connectivity index (χ1v) is 7.77. The predicted octanol–water partition coefficient (Wildman–Crippen LogP) is 4.03. The highest BCUT2D eigenvalue weighted by atomic mass is 35.5. The minimum atomic E-state index is 0.361. The molecule has 2 aromatic carbocycles. The number of rotatable bonds is 6. The molecule has 3 aromatic rings. The van der Waals surface area contributed by atoms with E-state index in [4.69, 9.17) is 21.1 Å². The van der Waals surface area contributed by atoms with Crippen LogP contribution >= 0.6 is 11.6 Å². The van der Waals surface area contributed by atoms with Gasteiger partial charge in [0.2, 0.25) is 5.95 Å². The Labute approximate surface area is 150 Å². The average molecular weight is 358 g/mol. The molecule has 7 nitrogen and oxygen atoms in total. The second kappa shape index (κ2) is 7.67. The Hall–Kier alpha value is -3.06. The van der Waals surface area contributed by atoms with Gasteiger partial charge in [-0.2, -0.15) is 10.1 Å². The van der Waals surface area contributed by atoms with Crippen LogP contribution in [-0.2, 0) is 0 Å². The summed E-state index contributed by atoms with van der Waals surface area (Å²) >= 11 is 5.88. The van der Waals surface area contributed by atoms with E-state index in [-0.39, 0.29) is 0 Å². The molecule has 0 saturated heterocycles. The van der Waals surface area contributed by atoms with Crippen molar-refractivity contribution in [1.29, 1.82) is 0 Å². The minimum Gasteiger partial charge on any atom is -0.497 e. The molecule has 0 amide bonds. The first-order chi connectivity index (χ1) is 12.2. The third kappa shape index (κ3) is 4.27. The van der Waals surface area contributed by atoms with Gasteiger partial charge in [-0.1, -0.05) is 11.6 Å². The van der Waals surface area contributed by atoms with E-state index in [9.17, 15) is 0 Å². The number of aromatic nitrogens is 3. The maximum Gasteiger partial charge on any atom is 0.249 e. The molecule has 128 valence electrons. The first-order valence-electron chi connectivity index (χ1n) is 7.39. The molecule has 0 unspecified atom stereocenters. The molecule has 3 rings (SSSR count). The number of ether oxygens (including phenoxy) is 2. The molecule has 2 N–H and O–H groups in total. The van der Waals surface area contributed by atoms with Crippen molar-refractivity contribution >= 4 is 34.7 Å². The lowest BCUT2D eigenvalue weighted by Crippen LogP contribution is -2.03. The quantitative estimate of drug-likeness (QED) is 0.689. The van der Waals surface area contributed by atoms with Gasteiger partial charge < -0.3 is 20.1 Å². The van der Waals surface area contributed by atoms with Gasteiger partial charge in [-0.05, 0) is 36.4 Å². The fraction of sp³-hybridized carbons (Fsp3) is 0.118. The van der Waals surface area contributed by atoms with Crippen LogP contribution in [0.25, 0.3) is 0 Å². The van der Waals surface area contributed by atoms with Crippen LogP contribution in [0.3, 0.4) is 0 Å². The van der Waals surface area contributed by atoms with Gasteiger partial charge in [-0.25, -0.2) is 0 Å². The van der Waals surface area contributed by atoms with E-state index in [0.29, 0.717) is 28.3 Å². The molecule has 0 aliphatic rings. The molecular formula is C17H16ClN5O2. The molecule has 0 aliphatic heterocycles. The van der Waals surface area contributed by atoms with Crippen molar-refractivity contribution in [2.75, 3.05) is 24.9 Å². The number of methoxy groups -OCH3 is 2. The Morgan fingerprint density at radius 2 is 1.76 bits per heavy atom. The van der Waals surface area contributed by atoms with Crippen molar-refractivity contribution in [3.8, 4) is 11.5 Å². The topological polar surface area (TPSA) is 81.2 Å². The van der Waals surface area contributed by atoms with Crippen LogP contribution in [0.15, 0.2) is 48.7 Å². The van der Waals surface area contributed by atoms with Crippen LogP contribution < -0.4 is 20.1 Å². The highest BCUT2D eigenvalue weighted by Crippen LogP contribution is 2.31. The zero-order chi connectivity index (χ0) is 17.6. The van der Waals surface area contributed by atoms with Crippen molar-refractivity contribution in [3.05, 3.63) is 53.7 Å². The van der Waals surface area contributed by atoms with Crippen LogP contribution in [0.5, 0.6) is 11.5 Å². The lowest BCUT2D eigenvalue weighted by atomic mass is 10.2. The maximum atomic E-state index is 5.88. The minimum absolute atomic E-state index is 0.361. The van der Waals surface area contributed by atoms with Gasteiger partial charge in [0.1, 0.15) is 11.5 Å². The van der Waals surface area contributed by atoms with Crippen LogP contribution in [0, 0.1) is 0 Å². The predicted molar refractivity (Wildman–Crippen MR) is 97.4 cm³/mol. The summed E-state index contributed by atoms with van der Waals surface area (Å²) in [5.74, 6) is 2.22. The molecule has 1 heterocycles. The Balaban J connectivity index is 1.79. The fourth-order valence-electron chi connectivity index (χ4n) is 2.12. The van der Waals surface area contributed by atoms with Crippen LogP contribution in [0.2, 0.25) is 5.02 Å². The van der Waals surface area contributed by atoms with Gasteiger partial charge in [0.05, 0.1) is 26.1 Å². The summed E-state index contributed by atoms with van der Waals surface area (Å²) in [6, 6.07) is 12.7. The molecule has 0 fully saturated rings. The van der Waals surface area contributed by atoms with Gasteiger partial charge in [-0.3, -0.25) is 0 Å². The largest absolute Gasteiger partial charge is 0.497 e. The van der Waals surface area contributed by atoms with Gasteiger partial charge in [0.25, 0.3) is 0 Å². The number of nitrogens with zero attached hydrogens (tertiary/aromatic N) is 3. The summed E-state index contributed by atoms with van der Waals surface area (Å²) in [7, 11) is 3.19. The Kier molecular flexibility index (Phi) is 5.15. The van der Waals surface area contributed by atoms with Crippen LogP contribution in [-0.4, -0.2) is 29.4 Å². The number of benzene rings is 2. The van der Waals surface area contributed by atoms with Gasteiger partial charge >= 0.3 is 0 Å². The normalized spacial score (nSPS) is 10.2. The highest BCUT2D eigenvalue weighted by molar-refractivity contribution is 6.30. The molecule has 0 bridgehead atoms. The number of halogens is 1. The molecule has 8 heteroatoms. The Bertz CT molecular complexity index is 858. The van der Waals surface area contributed by atoms with Crippen molar-refractivity contribution in [3.63, 3.8) is 0 Å². The lowest BCUT2D eigenvalue weighted by molar-refractivity contribution is 0.395. The molecule has 0 aliphatic carbocycles. The molecule has 0 spiro atoms.